The van der Waals surface area contributed by atoms with Crippen molar-refractivity contribution in [3.63, 3.8) is 0 Å². The number of carbonyl (C=O) groups is 1. The third kappa shape index (κ3) is 9.29. The smallest absolute Gasteiger partial charge is 0.221 e. The first-order valence-electron chi connectivity index (χ1n) is 18.7. The lowest BCUT2D eigenvalue weighted by molar-refractivity contribution is -0.114. The lowest BCUT2D eigenvalue weighted by Crippen LogP contribution is -2.05. The molecule has 288 valence electrons. The molecule has 1 amide bonds. The van der Waals surface area contributed by atoms with Gasteiger partial charge in [-0.25, -0.2) is 0 Å². The fraction of sp³-hybridized carbons (Fsp3) is 0.0784. The number of amides is 1. The Kier molecular flexibility index (Phi) is 12.4. The summed E-state index contributed by atoms with van der Waals surface area (Å²) in [4.78, 5) is 11.3. The summed E-state index contributed by atoms with van der Waals surface area (Å²) < 4.78 is 3.81. The molecule has 8 rings (SSSR count). The second-order valence-corrected chi connectivity index (χ2v) is 13.8. The van der Waals surface area contributed by atoms with Crippen LogP contribution in [-0.4, -0.2) is 25.5 Å². The third-order valence-electron chi connectivity index (χ3n) is 9.69. The highest BCUT2D eigenvalue weighted by molar-refractivity contribution is 5.95. The second kappa shape index (κ2) is 18.0. The Bertz CT molecular complexity index is 2810. The third-order valence-corrected chi connectivity index (χ3v) is 9.69. The molecule has 2 heterocycles. The molecule has 0 aliphatic carbocycles. The summed E-state index contributed by atoms with van der Waals surface area (Å²) in [5.74, 6) is -0.0925. The molecule has 2 aromatic heterocycles. The highest BCUT2D eigenvalue weighted by Gasteiger charge is 2.12. The highest BCUT2D eigenvalue weighted by atomic mass is 16.1. The van der Waals surface area contributed by atoms with Gasteiger partial charge in [-0.3, -0.25) is 14.2 Å². The first-order valence-corrected chi connectivity index (χ1v) is 18.7. The van der Waals surface area contributed by atoms with Crippen molar-refractivity contribution >= 4 is 74.5 Å². The summed E-state index contributed by atoms with van der Waals surface area (Å²) in [6.45, 7) is 10.0. The Morgan fingerprint density at radius 1 is 0.569 bits per heavy atom. The summed E-state index contributed by atoms with van der Waals surface area (Å²) in [5.41, 5.74) is 19.6. The largest absolute Gasteiger partial charge is 0.399 e. The molecule has 0 atom stereocenters. The van der Waals surface area contributed by atoms with Crippen LogP contribution in [-0.2, 0) is 18.9 Å². The van der Waals surface area contributed by atoms with Crippen LogP contribution in [0.4, 0.5) is 11.4 Å². The SMILES string of the molecule is C.C=C(c1cccc(N)c1)c1ccc2c(/C=C/c3ccccc3)nn(C)c2c1.C=C(c1cccc(NC(C)=O)c1)c1ccc2c(/C=C/c3ccccc3)nn(C)c2c1. The monoisotopic (exact) mass is 760 g/mol. The number of nitrogens with one attached hydrogen (secondary N) is 1. The van der Waals surface area contributed by atoms with E-state index in [1.54, 1.807) is 0 Å². The fourth-order valence-corrected chi connectivity index (χ4v) is 6.72. The molecule has 0 saturated heterocycles. The summed E-state index contributed by atoms with van der Waals surface area (Å²) >= 11 is 0. The highest BCUT2D eigenvalue weighted by Crippen LogP contribution is 2.30. The maximum Gasteiger partial charge on any atom is 0.221 e. The molecule has 58 heavy (non-hydrogen) atoms. The number of benzene rings is 6. The van der Waals surface area contributed by atoms with Gasteiger partial charge in [-0.05, 0) is 105 Å². The zero-order valence-corrected chi connectivity index (χ0v) is 32.4. The van der Waals surface area contributed by atoms with Crippen LogP contribution in [0.5, 0.6) is 0 Å². The number of hydrogen-bond donors (Lipinski definition) is 2. The maximum atomic E-state index is 11.3. The quantitative estimate of drug-likeness (QED) is 0.143. The Hall–Kier alpha value is -7.51. The van der Waals surface area contributed by atoms with E-state index >= 15 is 0 Å². The van der Waals surface area contributed by atoms with Gasteiger partial charge < -0.3 is 11.1 Å². The van der Waals surface area contributed by atoms with Crippen molar-refractivity contribution in [2.24, 2.45) is 14.1 Å². The normalized spacial score (nSPS) is 11.0. The van der Waals surface area contributed by atoms with E-state index in [0.717, 1.165) is 89.1 Å². The number of hydrogen-bond acceptors (Lipinski definition) is 4. The summed E-state index contributed by atoms with van der Waals surface area (Å²) in [5, 5.41) is 14.4. The van der Waals surface area contributed by atoms with E-state index in [2.05, 4.69) is 108 Å². The Labute approximate surface area is 340 Å². The molecule has 0 unspecified atom stereocenters. The van der Waals surface area contributed by atoms with Gasteiger partial charge in [-0.15, -0.1) is 0 Å². The van der Waals surface area contributed by atoms with E-state index < -0.39 is 0 Å². The van der Waals surface area contributed by atoms with Crippen LogP contribution in [0, 0.1) is 0 Å². The van der Waals surface area contributed by atoms with E-state index in [9.17, 15) is 4.79 Å². The minimum Gasteiger partial charge on any atom is -0.399 e. The number of aromatic nitrogens is 4. The number of rotatable bonds is 9. The molecule has 0 bridgehead atoms. The van der Waals surface area contributed by atoms with Crippen LogP contribution in [0.15, 0.2) is 159 Å². The standard InChI is InChI=1S/C26H23N3O.C24H21N3.CH4/c1-18(21-10-7-11-23(16-21)27-19(2)30)22-13-14-24-25(28-29(3)26(24)17-22)15-12-20-8-5-4-6-9-20;1-17(19-9-6-10-21(25)15-19)20-12-13-22-23(26-27(2)24(22)16-20)14-11-18-7-4-3-5-8-18;/h4-17H,1H2,2-3H3,(H,27,30);3-16H,1,25H2,2H3;1H4/b15-12+;14-11+;. The zero-order valence-electron chi connectivity index (χ0n) is 32.4. The average Bonchev–Trinajstić information content (AvgIpc) is 3.73. The van der Waals surface area contributed by atoms with Crippen LogP contribution >= 0.6 is 0 Å². The van der Waals surface area contributed by atoms with Crippen molar-refractivity contribution in [3.05, 3.63) is 204 Å². The molecule has 6 aromatic carbocycles. The molecule has 0 radical (unpaired) electrons. The van der Waals surface area contributed by atoms with Gasteiger partial charge in [-0.2, -0.15) is 10.2 Å². The topological polar surface area (TPSA) is 90.8 Å². The van der Waals surface area contributed by atoms with Gasteiger partial charge in [0.25, 0.3) is 0 Å². The zero-order chi connectivity index (χ0) is 39.9. The molecule has 0 aliphatic rings. The van der Waals surface area contributed by atoms with Crippen LogP contribution in [0.2, 0.25) is 0 Å². The maximum absolute atomic E-state index is 11.3. The molecule has 0 saturated carbocycles. The molecule has 7 nitrogen and oxygen atoms in total. The van der Waals surface area contributed by atoms with E-state index in [1.807, 2.05) is 114 Å². The lowest BCUT2D eigenvalue weighted by Gasteiger charge is -2.09. The Morgan fingerprint density at radius 3 is 1.48 bits per heavy atom. The summed E-state index contributed by atoms with van der Waals surface area (Å²) in [6, 6.07) is 48.6. The van der Waals surface area contributed by atoms with Gasteiger partial charge >= 0.3 is 0 Å². The van der Waals surface area contributed by atoms with Gasteiger partial charge in [0, 0.05) is 43.2 Å². The van der Waals surface area contributed by atoms with E-state index in [1.165, 1.54) is 6.92 Å². The molecule has 3 N–H and O–H groups in total. The fourth-order valence-electron chi connectivity index (χ4n) is 6.72. The molecule has 7 heteroatoms. The number of fused-ring (bicyclic) bond motifs is 2. The first kappa shape index (κ1) is 40.2. The minimum atomic E-state index is -0.0925. The molecule has 0 aliphatic heterocycles. The number of anilines is 2. The second-order valence-electron chi connectivity index (χ2n) is 13.8. The molecule has 0 fully saturated rings. The predicted molar refractivity (Wildman–Crippen MR) is 247 cm³/mol. The van der Waals surface area contributed by atoms with Crippen molar-refractivity contribution in [1.29, 1.82) is 0 Å². The average molecular weight is 761 g/mol. The van der Waals surface area contributed by atoms with Gasteiger partial charge in [-0.1, -0.05) is 130 Å². The van der Waals surface area contributed by atoms with Crippen LogP contribution in [0.1, 0.15) is 59.1 Å². The molecular formula is C51H48N6O. The van der Waals surface area contributed by atoms with Crippen LogP contribution in [0.3, 0.4) is 0 Å². The Balaban J connectivity index is 0.000000193. The summed E-state index contributed by atoms with van der Waals surface area (Å²) in [7, 11) is 3.92. The van der Waals surface area contributed by atoms with Crippen molar-refractivity contribution in [1.82, 2.24) is 19.6 Å². The first-order chi connectivity index (χ1) is 27.6. The van der Waals surface area contributed by atoms with E-state index in [0.29, 0.717) is 0 Å². The van der Waals surface area contributed by atoms with Gasteiger partial charge in [0.1, 0.15) is 0 Å². The number of nitrogens with two attached hydrogens (primary N) is 1. The van der Waals surface area contributed by atoms with Crippen LogP contribution < -0.4 is 11.1 Å². The molecule has 0 spiro atoms. The van der Waals surface area contributed by atoms with Crippen molar-refractivity contribution in [2.45, 2.75) is 14.4 Å². The van der Waals surface area contributed by atoms with Gasteiger partial charge in [0.05, 0.1) is 22.4 Å². The molecular weight excluding hydrogens is 713 g/mol. The van der Waals surface area contributed by atoms with Crippen LogP contribution in [0.25, 0.3) is 57.3 Å². The van der Waals surface area contributed by atoms with Crippen molar-refractivity contribution in [2.75, 3.05) is 11.1 Å². The lowest BCUT2D eigenvalue weighted by atomic mass is 9.98. The number of nitrogens with zero attached hydrogens (tertiary/aromatic N) is 4. The number of carbonyl (C=O) groups excluding carboxylic acids is 1. The van der Waals surface area contributed by atoms with Crippen molar-refractivity contribution in [3.8, 4) is 0 Å². The Morgan fingerprint density at radius 2 is 1.02 bits per heavy atom. The van der Waals surface area contributed by atoms with E-state index in [-0.39, 0.29) is 13.3 Å². The predicted octanol–water partition coefficient (Wildman–Crippen LogP) is 11.8. The molecule has 8 aromatic rings. The van der Waals surface area contributed by atoms with Gasteiger partial charge in [0.15, 0.2) is 0 Å². The van der Waals surface area contributed by atoms with Gasteiger partial charge in [0.2, 0.25) is 5.91 Å². The minimum absolute atomic E-state index is 0. The number of aryl methyl sites for hydroxylation is 2. The van der Waals surface area contributed by atoms with Crippen molar-refractivity contribution < 1.29 is 4.79 Å². The summed E-state index contributed by atoms with van der Waals surface area (Å²) in [6.07, 6.45) is 8.26. The number of nitrogen functional groups attached to an aromatic ring is 1. The van der Waals surface area contributed by atoms with E-state index in [4.69, 9.17) is 5.73 Å².